The van der Waals surface area contributed by atoms with Crippen molar-refractivity contribution in [3.63, 3.8) is 0 Å². The zero-order valence-corrected chi connectivity index (χ0v) is 22.6. The fourth-order valence-electron chi connectivity index (χ4n) is 4.54. The summed E-state index contributed by atoms with van der Waals surface area (Å²) in [5.41, 5.74) is 3.65. The molecule has 0 bridgehead atoms. The molecular formula is C27H26BrClN6O2. The first-order chi connectivity index (χ1) is 17.9. The van der Waals surface area contributed by atoms with E-state index in [9.17, 15) is 9.59 Å². The Morgan fingerprint density at radius 1 is 1.11 bits per heavy atom. The van der Waals surface area contributed by atoms with Crippen molar-refractivity contribution in [2.45, 2.75) is 19.8 Å². The van der Waals surface area contributed by atoms with Crippen molar-refractivity contribution < 1.29 is 9.59 Å². The molecule has 2 N–H and O–H groups in total. The van der Waals surface area contributed by atoms with Gasteiger partial charge in [0.25, 0.3) is 5.91 Å². The first kappa shape index (κ1) is 25.2. The van der Waals surface area contributed by atoms with Crippen LogP contribution in [-0.2, 0) is 4.79 Å². The first-order valence-electron chi connectivity index (χ1n) is 12.1. The minimum Gasteiger partial charge on any atom is -0.370 e. The molecule has 0 radical (unpaired) electrons. The number of halogens is 2. The Morgan fingerprint density at radius 2 is 1.84 bits per heavy atom. The molecule has 2 amide bonds. The molecule has 0 unspecified atom stereocenters. The van der Waals surface area contributed by atoms with Crippen LogP contribution in [0.1, 0.15) is 30.1 Å². The van der Waals surface area contributed by atoms with Crippen molar-refractivity contribution in [2.75, 3.05) is 30.3 Å². The minimum absolute atomic E-state index is 0.0161. The average molecular weight is 582 g/mol. The molecule has 0 atom stereocenters. The molecular weight excluding hydrogens is 556 g/mol. The topological polar surface area (TPSA) is 91.6 Å². The number of hydrogen-bond donors (Lipinski definition) is 2. The quantitative estimate of drug-likeness (QED) is 0.303. The van der Waals surface area contributed by atoms with Gasteiger partial charge in [0.2, 0.25) is 5.91 Å². The maximum Gasteiger partial charge on any atom is 0.253 e. The fourth-order valence-corrected chi connectivity index (χ4v) is 5.12. The highest BCUT2D eigenvalue weighted by Crippen LogP contribution is 2.30. The van der Waals surface area contributed by atoms with Crippen molar-refractivity contribution in [2.24, 2.45) is 5.92 Å². The summed E-state index contributed by atoms with van der Waals surface area (Å²) in [4.78, 5) is 30.8. The number of nitrogens with one attached hydrogen (secondary N) is 2. The van der Waals surface area contributed by atoms with Crippen LogP contribution in [0.2, 0.25) is 5.02 Å². The number of likely N-dealkylation sites (tertiary alicyclic amines) is 1. The van der Waals surface area contributed by atoms with Crippen LogP contribution >= 0.6 is 27.5 Å². The Kier molecular flexibility index (Phi) is 7.43. The summed E-state index contributed by atoms with van der Waals surface area (Å²) in [5, 5.41) is 11.4. The van der Waals surface area contributed by atoms with E-state index in [0.717, 1.165) is 40.9 Å². The number of fused-ring (bicyclic) bond motifs is 1. The van der Waals surface area contributed by atoms with Crippen molar-refractivity contribution in [1.29, 1.82) is 0 Å². The van der Waals surface area contributed by atoms with Crippen LogP contribution in [0.5, 0.6) is 0 Å². The molecule has 3 heterocycles. The number of nitrogens with zero attached hydrogens (tertiary/aromatic N) is 4. The van der Waals surface area contributed by atoms with Gasteiger partial charge in [-0.1, -0.05) is 29.8 Å². The number of carbonyl (C=O) groups is 2. The Labute approximate surface area is 228 Å². The molecule has 0 spiro atoms. The van der Waals surface area contributed by atoms with Gasteiger partial charge in [-0.3, -0.25) is 9.59 Å². The first-order valence-corrected chi connectivity index (χ1v) is 13.3. The standard InChI is InChI=1S/C27H26BrClN6O2/c1-17(36)32-20-8-6-19(7-9-20)27(37)34-12-10-18(11-13-34)15-30-25-14-24(21-4-2-3-5-23(21)29)33-26-22(28)16-31-35(25)26/h2-9,14,16,18,30H,10-13,15H2,1H3,(H,32,36). The lowest BCUT2D eigenvalue weighted by atomic mass is 9.96. The number of piperidine rings is 1. The highest BCUT2D eigenvalue weighted by Gasteiger charge is 2.24. The Bertz CT molecular complexity index is 1450. The SMILES string of the molecule is CC(=O)Nc1ccc(C(=O)N2CCC(CNc3cc(-c4ccccc4Cl)nc4c(Br)cnn34)CC2)cc1. The highest BCUT2D eigenvalue weighted by molar-refractivity contribution is 9.10. The van der Waals surface area contributed by atoms with Gasteiger partial charge >= 0.3 is 0 Å². The number of amides is 2. The van der Waals surface area contributed by atoms with Gasteiger partial charge in [0, 0.05) is 54.5 Å². The van der Waals surface area contributed by atoms with Crippen LogP contribution < -0.4 is 10.6 Å². The number of aromatic nitrogens is 3. The predicted molar refractivity (Wildman–Crippen MR) is 149 cm³/mol. The van der Waals surface area contributed by atoms with Gasteiger partial charge in [0.05, 0.1) is 16.4 Å². The van der Waals surface area contributed by atoms with E-state index < -0.39 is 0 Å². The van der Waals surface area contributed by atoms with E-state index in [1.165, 1.54) is 6.92 Å². The van der Waals surface area contributed by atoms with Crippen LogP contribution in [-0.4, -0.2) is 50.9 Å². The lowest BCUT2D eigenvalue weighted by molar-refractivity contribution is -0.114. The number of carbonyl (C=O) groups excluding carboxylic acids is 2. The van der Waals surface area contributed by atoms with Crippen LogP contribution in [0, 0.1) is 5.92 Å². The van der Waals surface area contributed by atoms with E-state index in [2.05, 4.69) is 31.7 Å². The maximum absolute atomic E-state index is 13.0. The number of anilines is 2. The number of hydrogen-bond acceptors (Lipinski definition) is 5. The van der Waals surface area contributed by atoms with Gasteiger partial charge in [-0.05, 0) is 65.0 Å². The van der Waals surface area contributed by atoms with E-state index in [1.54, 1.807) is 35.0 Å². The smallest absolute Gasteiger partial charge is 0.253 e. The minimum atomic E-state index is -0.137. The molecule has 0 saturated carbocycles. The third-order valence-electron chi connectivity index (χ3n) is 6.50. The number of benzene rings is 2. The lowest BCUT2D eigenvalue weighted by Crippen LogP contribution is -2.40. The maximum atomic E-state index is 13.0. The van der Waals surface area contributed by atoms with Crippen LogP contribution in [0.3, 0.4) is 0 Å². The second-order valence-electron chi connectivity index (χ2n) is 9.11. The van der Waals surface area contributed by atoms with Gasteiger partial charge in [0.1, 0.15) is 5.82 Å². The van der Waals surface area contributed by atoms with Crippen molar-refractivity contribution >= 4 is 56.5 Å². The summed E-state index contributed by atoms with van der Waals surface area (Å²) < 4.78 is 2.59. The van der Waals surface area contributed by atoms with E-state index in [1.807, 2.05) is 35.2 Å². The molecule has 190 valence electrons. The summed E-state index contributed by atoms with van der Waals surface area (Å²) in [6, 6.07) is 16.6. The second-order valence-corrected chi connectivity index (χ2v) is 10.4. The molecule has 1 aliphatic heterocycles. The molecule has 10 heteroatoms. The Morgan fingerprint density at radius 3 is 2.54 bits per heavy atom. The monoisotopic (exact) mass is 580 g/mol. The van der Waals surface area contributed by atoms with Crippen molar-refractivity contribution in [3.05, 3.63) is 75.9 Å². The van der Waals surface area contributed by atoms with Gasteiger partial charge in [0.15, 0.2) is 5.65 Å². The Balaban J connectivity index is 1.23. The third kappa shape index (κ3) is 5.62. The molecule has 2 aromatic heterocycles. The molecule has 37 heavy (non-hydrogen) atoms. The Hall–Kier alpha value is -3.43. The zero-order valence-electron chi connectivity index (χ0n) is 20.2. The zero-order chi connectivity index (χ0) is 25.9. The summed E-state index contributed by atoms with van der Waals surface area (Å²) >= 11 is 9.99. The molecule has 1 saturated heterocycles. The molecule has 0 aliphatic carbocycles. The third-order valence-corrected chi connectivity index (χ3v) is 7.39. The molecule has 5 rings (SSSR count). The number of rotatable bonds is 6. The van der Waals surface area contributed by atoms with E-state index >= 15 is 0 Å². The summed E-state index contributed by atoms with van der Waals surface area (Å²) in [6.07, 6.45) is 3.53. The van der Waals surface area contributed by atoms with E-state index in [0.29, 0.717) is 40.9 Å². The average Bonchev–Trinajstić information content (AvgIpc) is 3.28. The lowest BCUT2D eigenvalue weighted by Gasteiger charge is -2.32. The van der Waals surface area contributed by atoms with Crippen molar-refractivity contribution in [1.82, 2.24) is 19.5 Å². The summed E-state index contributed by atoms with van der Waals surface area (Å²) in [6.45, 7) is 3.61. The van der Waals surface area contributed by atoms with Crippen LogP contribution in [0.15, 0.2) is 65.3 Å². The van der Waals surface area contributed by atoms with Crippen LogP contribution in [0.4, 0.5) is 11.5 Å². The normalized spacial score (nSPS) is 14.1. The largest absolute Gasteiger partial charge is 0.370 e. The summed E-state index contributed by atoms with van der Waals surface area (Å²) in [7, 11) is 0. The van der Waals surface area contributed by atoms with Crippen LogP contribution in [0.25, 0.3) is 16.9 Å². The van der Waals surface area contributed by atoms with Gasteiger partial charge in [-0.15, -0.1) is 0 Å². The van der Waals surface area contributed by atoms with E-state index in [-0.39, 0.29) is 11.8 Å². The fraction of sp³-hybridized carbons (Fsp3) is 0.259. The molecule has 2 aromatic carbocycles. The van der Waals surface area contributed by atoms with Gasteiger partial charge in [-0.25, -0.2) is 4.98 Å². The van der Waals surface area contributed by atoms with Crippen molar-refractivity contribution in [3.8, 4) is 11.3 Å². The van der Waals surface area contributed by atoms with Gasteiger partial charge < -0.3 is 15.5 Å². The molecule has 1 fully saturated rings. The molecule has 4 aromatic rings. The second kappa shape index (κ2) is 10.9. The van der Waals surface area contributed by atoms with Gasteiger partial charge in [-0.2, -0.15) is 9.61 Å². The predicted octanol–water partition coefficient (Wildman–Crippen LogP) is 5.73. The molecule has 8 nitrogen and oxygen atoms in total. The highest BCUT2D eigenvalue weighted by atomic mass is 79.9. The summed E-state index contributed by atoms with van der Waals surface area (Å²) in [5.74, 6) is 1.13. The molecule has 1 aliphatic rings. The van der Waals surface area contributed by atoms with E-state index in [4.69, 9.17) is 16.6 Å².